The molecule has 43 heavy (non-hydrogen) atoms. The maximum absolute atomic E-state index is 14.6. The minimum absolute atomic E-state index is 0.0947. The average molecular weight is 612 g/mol. The maximum atomic E-state index is 14.6. The molecule has 1 saturated carbocycles. The molecule has 0 radical (unpaired) electrons. The number of Topliss-reactive ketones (excluding diaryl/α,β-unsaturated/α-hetero) is 1. The van der Waals surface area contributed by atoms with E-state index in [1.807, 2.05) is 73.7 Å². The third-order valence-electron chi connectivity index (χ3n) is 8.53. The Hall–Kier alpha value is -3.93. The van der Waals surface area contributed by atoms with Crippen molar-refractivity contribution in [2.75, 3.05) is 0 Å². The Labute approximate surface area is 261 Å². The van der Waals surface area contributed by atoms with Crippen LogP contribution in [0.1, 0.15) is 57.4 Å². The van der Waals surface area contributed by atoms with Gasteiger partial charge in [-0.05, 0) is 72.9 Å². The van der Waals surface area contributed by atoms with E-state index in [0.29, 0.717) is 22.2 Å². The molecule has 1 N–H and O–H groups in total. The number of nitrogens with one attached hydrogen (secondary N) is 1. The van der Waals surface area contributed by atoms with Crippen LogP contribution < -0.4 is 5.32 Å². The fourth-order valence-electron chi connectivity index (χ4n) is 6.22. The van der Waals surface area contributed by atoms with E-state index in [1.54, 1.807) is 41.3 Å². The normalized spacial score (nSPS) is 21.4. The minimum Gasteiger partial charge on any atom is -0.350 e. The van der Waals surface area contributed by atoms with E-state index < -0.39 is 23.9 Å². The van der Waals surface area contributed by atoms with Gasteiger partial charge in [-0.25, -0.2) is 0 Å². The summed E-state index contributed by atoms with van der Waals surface area (Å²) in [5.41, 5.74) is 4.16. The van der Waals surface area contributed by atoms with Crippen LogP contribution in [0.2, 0.25) is 10.0 Å². The summed E-state index contributed by atoms with van der Waals surface area (Å²) in [4.78, 5) is 44.9. The smallest absolute Gasteiger partial charge is 0.243 e. The summed E-state index contributed by atoms with van der Waals surface area (Å²) in [5.74, 6) is -2.01. The average Bonchev–Trinajstić information content (AvgIpc) is 3.82. The molecule has 4 unspecified atom stereocenters. The van der Waals surface area contributed by atoms with E-state index in [4.69, 9.17) is 23.2 Å². The van der Waals surface area contributed by atoms with Crippen molar-refractivity contribution in [3.05, 3.63) is 141 Å². The number of ketones is 1. The number of amides is 2. The van der Waals surface area contributed by atoms with Crippen LogP contribution >= 0.6 is 23.2 Å². The van der Waals surface area contributed by atoms with Crippen LogP contribution in [0.3, 0.4) is 0 Å². The summed E-state index contributed by atoms with van der Waals surface area (Å²) in [7, 11) is 0. The molecule has 4 atom stereocenters. The highest BCUT2D eigenvalue weighted by molar-refractivity contribution is 6.31. The van der Waals surface area contributed by atoms with E-state index >= 15 is 0 Å². The van der Waals surface area contributed by atoms with E-state index in [9.17, 15) is 14.4 Å². The van der Waals surface area contributed by atoms with Gasteiger partial charge in [-0.1, -0.05) is 95.5 Å². The van der Waals surface area contributed by atoms with Crippen LogP contribution in [0.5, 0.6) is 0 Å². The standard InChI is InChI=1S/C36H32Cl2N2O3/c1-22-7-9-23(10-8-22)21-39-35(42)33-30(24-5-3-2-4-6-24)31(34(41)26-15-19-29(38)20-16-26)32(25-13-17-28(37)18-14-25)40(33)36(43)27-11-12-27/h2-10,13-20,27,30-33H,11-12,21H2,1H3,(H,39,42). The molecule has 5 nitrogen and oxygen atoms in total. The summed E-state index contributed by atoms with van der Waals surface area (Å²) >= 11 is 12.5. The number of rotatable bonds is 8. The van der Waals surface area contributed by atoms with Gasteiger partial charge in [0.05, 0.1) is 12.0 Å². The lowest BCUT2D eigenvalue weighted by atomic mass is 9.76. The third kappa shape index (κ3) is 6.11. The Morgan fingerprint density at radius 1 is 0.767 bits per heavy atom. The molecule has 1 saturated heterocycles. The molecule has 6 rings (SSSR count). The van der Waals surface area contributed by atoms with Crippen LogP contribution in [0, 0.1) is 18.8 Å². The molecule has 1 aliphatic carbocycles. The molecule has 2 aliphatic rings. The number of hydrogen-bond acceptors (Lipinski definition) is 3. The number of carbonyl (C=O) groups excluding carboxylic acids is 3. The molecule has 4 aromatic rings. The van der Waals surface area contributed by atoms with Crippen molar-refractivity contribution < 1.29 is 14.4 Å². The van der Waals surface area contributed by atoms with Gasteiger partial charge < -0.3 is 10.2 Å². The molecule has 218 valence electrons. The van der Waals surface area contributed by atoms with Crippen LogP contribution in [0.15, 0.2) is 103 Å². The Bertz CT molecular complexity index is 1620. The number of carbonyl (C=O) groups is 3. The number of benzene rings is 4. The Morgan fingerprint density at radius 2 is 1.37 bits per heavy atom. The largest absolute Gasteiger partial charge is 0.350 e. The molecular formula is C36H32Cl2N2O3. The van der Waals surface area contributed by atoms with Gasteiger partial charge in [-0.2, -0.15) is 0 Å². The quantitative estimate of drug-likeness (QED) is 0.209. The number of halogens is 2. The fraction of sp³-hybridized carbons (Fsp3) is 0.250. The summed E-state index contributed by atoms with van der Waals surface area (Å²) in [5, 5.41) is 4.18. The number of aryl methyl sites for hydroxylation is 1. The first-order valence-corrected chi connectivity index (χ1v) is 15.3. The van der Waals surface area contributed by atoms with Gasteiger partial charge in [0.15, 0.2) is 5.78 Å². The van der Waals surface area contributed by atoms with Crippen LogP contribution in [0.25, 0.3) is 0 Å². The number of nitrogens with zero attached hydrogens (tertiary/aromatic N) is 1. The number of hydrogen-bond donors (Lipinski definition) is 1. The van der Waals surface area contributed by atoms with E-state index in [1.165, 1.54) is 0 Å². The monoisotopic (exact) mass is 610 g/mol. The maximum Gasteiger partial charge on any atom is 0.243 e. The Kier molecular flexibility index (Phi) is 8.38. The zero-order chi connectivity index (χ0) is 30.1. The molecule has 2 amide bonds. The topological polar surface area (TPSA) is 66.5 Å². The van der Waals surface area contributed by atoms with Gasteiger partial charge in [0, 0.05) is 34.0 Å². The molecule has 1 aliphatic heterocycles. The van der Waals surface area contributed by atoms with Crippen LogP contribution in [0.4, 0.5) is 0 Å². The second-order valence-corrected chi connectivity index (χ2v) is 12.4. The van der Waals surface area contributed by atoms with Gasteiger partial charge in [0.2, 0.25) is 11.8 Å². The first kappa shape index (κ1) is 29.2. The Balaban J connectivity index is 1.50. The minimum atomic E-state index is -0.900. The van der Waals surface area contributed by atoms with Gasteiger partial charge in [0.1, 0.15) is 6.04 Å². The molecule has 1 heterocycles. The summed E-state index contributed by atoms with van der Waals surface area (Å²) < 4.78 is 0. The number of likely N-dealkylation sites (tertiary alicyclic amines) is 1. The van der Waals surface area contributed by atoms with Crippen molar-refractivity contribution in [3.8, 4) is 0 Å². The molecule has 2 fully saturated rings. The van der Waals surface area contributed by atoms with Gasteiger partial charge in [0.25, 0.3) is 0 Å². The fourth-order valence-corrected chi connectivity index (χ4v) is 6.47. The van der Waals surface area contributed by atoms with Crippen molar-refractivity contribution in [1.82, 2.24) is 10.2 Å². The van der Waals surface area contributed by atoms with Crippen molar-refractivity contribution in [2.45, 2.75) is 44.3 Å². The zero-order valence-electron chi connectivity index (χ0n) is 23.8. The van der Waals surface area contributed by atoms with Crippen molar-refractivity contribution in [3.63, 3.8) is 0 Å². The van der Waals surface area contributed by atoms with Crippen molar-refractivity contribution >= 4 is 40.8 Å². The molecule has 4 aromatic carbocycles. The first-order chi connectivity index (χ1) is 20.8. The predicted molar refractivity (Wildman–Crippen MR) is 169 cm³/mol. The summed E-state index contributed by atoms with van der Waals surface area (Å²) in [6, 6.07) is 30.1. The third-order valence-corrected chi connectivity index (χ3v) is 9.04. The van der Waals surface area contributed by atoms with E-state index in [2.05, 4.69) is 5.32 Å². The lowest BCUT2D eigenvalue weighted by Crippen LogP contribution is -2.49. The van der Waals surface area contributed by atoms with Crippen molar-refractivity contribution in [1.29, 1.82) is 0 Å². The molecular weight excluding hydrogens is 579 g/mol. The van der Waals surface area contributed by atoms with Gasteiger partial charge in [-0.3, -0.25) is 14.4 Å². The highest BCUT2D eigenvalue weighted by Gasteiger charge is 2.58. The Morgan fingerprint density at radius 3 is 1.98 bits per heavy atom. The van der Waals surface area contributed by atoms with Gasteiger partial charge >= 0.3 is 0 Å². The van der Waals surface area contributed by atoms with Crippen molar-refractivity contribution in [2.24, 2.45) is 11.8 Å². The first-order valence-electron chi connectivity index (χ1n) is 14.6. The lowest BCUT2D eigenvalue weighted by Gasteiger charge is -2.32. The second-order valence-electron chi connectivity index (χ2n) is 11.5. The molecule has 0 spiro atoms. The highest BCUT2D eigenvalue weighted by Crippen LogP contribution is 2.53. The van der Waals surface area contributed by atoms with E-state index in [0.717, 1.165) is 35.1 Å². The molecule has 0 bridgehead atoms. The van der Waals surface area contributed by atoms with Crippen LogP contribution in [-0.4, -0.2) is 28.5 Å². The summed E-state index contributed by atoms with van der Waals surface area (Å²) in [6.07, 6.45) is 1.54. The second kappa shape index (κ2) is 12.4. The van der Waals surface area contributed by atoms with E-state index in [-0.39, 0.29) is 23.5 Å². The highest BCUT2D eigenvalue weighted by atomic mass is 35.5. The SMILES string of the molecule is Cc1ccc(CNC(=O)C2C(c3ccccc3)C(C(=O)c3ccc(Cl)cc3)C(c3ccc(Cl)cc3)N2C(=O)C2CC2)cc1. The molecule has 7 heteroatoms. The molecule has 0 aromatic heterocycles. The predicted octanol–water partition coefficient (Wildman–Crippen LogP) is 7.56. The lowest BCUT2D eigenvalue weighted by molar-refractivity contribution is -0.142. The summed E-state index contributed by atoms with van der Waals surface area (Å²) in [6.45, 7) is 2.32. The van der Waals surface area contributed by atoms with Gasteiger partial charge in [-0.15, -0.1) is 0 Å². The zero-order valence-corrected chi connectivity index (χ0v) is 25.3. The van der Waals surface area contributed by atoms with Crippen LogP contribution in [-0.2, 0) is 16.1 Å².